The summed E-state index contributed by atoms with van der Waals surface area (Å²) >= 11 is 1.61. The fourth-order valence-electron chi connectivity index (χ4n) is 2.99. The first-order valence-electron chi connectivity index (χ1n) is 6.84. The van der Waals surface area contributed by atoms with Crippen molar-refractivity contribution in [1.29, 1.82) is 0 Å². The van der Waals surface area contributed by atoms with Crippen molar-refractivity contribution in [2.45, 2.75) is 25.1 Å². The van der Waals surface area contributed by atoms with Gasteiger partial charge in [0.1, 0.15) is 0 Å². The molecule has 1 aliphatic heterocycles. The van der Waals surface area contributed by atoms with Gasteiger partial charge in [0.05, 0.1) is 11.8 Å². The molecule has 3 heterocycles. The number of hydrogen-bond acceptors (Lipinski definition) is 6. The fraction of sp³-hybridized carbons (Fsp3) is 0.615. The minimum atomic E-state index is -0.287. The lowest BCUT2D eigenvalue weighted by Crippen LogP contribution is -2.38. The number of thiazole rings is 1. The van der Waals surface area contributed by atoms with Crippen molar-refractivity contribution in [3.63, 3.8) is 0 Å². The van der Waals surface area contributed by atoms with Crippen LogP contribution in [0.15, 0.2) is 11.6 Å². The molecule has 0 aliphatic carbocycles. The molecule has 3 rings (SSSR count). The first-order chi connectivity index (χ1) is 9.60. The van der Waals surface area contributed by atoms with Crippen LogP contribution in [0.5, 0.6) is 0 Å². The lowest BCUT2D eigenvalue weighted by atomic mass is 10.2. The Labute approximate surface area is 122 Å². The van der Waals surface area contributed by atoms with E-state index in [4.69, 9.17) is 10.7 Å². The van der Waals surface area contributed by atoms with E-state index < -0.39 is 0 Å². The van der Waals surface area contributed by atoms with Crippen molar-refractivity contribution in [2.75, 3.05) is 32.1 Å². The molecule has 110 valence electrons. The lowest BCUT2D eigenvalue weighted by molar-refractivity contribution is 0.191. The van der Waals surface area contributed by atoms with E-state index >= 15 is 0 Å². The zero-order chi connectivity index (χ0) is 14.3. The number of rotatable bonds is 4. The summed E-state index contributed by atoms with van der Waals surface area (Å²) in [5.74, 6) is 0.933. The zero-order valence-electron chi connectivity index (χ0n) is 11.9. The topological polar surface area (TPSA) is 70.0 Å². The summed E-state index contributed by atoms with van der Waals surface area (Å²) in [7, 11) is 4.11. The lowest BCUT2D eigenvalue weighted by Gasteiger charge is -2.27. The highest BCUT2D eigenvalue weighted by atomic mass is 32.1. The molecule has 2 aromatic rings. The van der Waals surface area contributed by atoms with E-state index in [9.17, 15) is 5.11 Å². The highest BCUT2D eigenvalue weighted by Gasteiger charge is 2.34. The van der Waals surface area contributed by atoms with Gasteiger partial charge in [0.25, 0.3) is 0 Å². The number of imidazole rings is 1. The number of aliphatic hydroxyl groups is 1. The van der Waals surface area contributed by atoms with E-state index in [2.05, 4.69) is 28.3 Å². The van der Waals surface area contributed by atoms with Gasteiger partial charge in [0, 0.05) is 37.3 Å². The van der Waals surface area contributed by atoms with Crippen LogP contribution in [0.25, 0.3) is 4.96 Å². The highest BCUT2D eigenvalue weighted by molar-refractivity contribution is 7.15. The van der Waals surface area contributed by atoms with Gasteiger partial charge in [-0.05, 0) is 20.5 Å². The standard InChI is InChI=1S/C13H21N5OS/c1-16(2)7-9-5-10(19)8-18(9)12-11(6-14)17-3-4-20-13(17)15-12/h3-4,9-10,19H,5-8,14H2,1-2H3. The zero-order valence-corrected chi connectivity index (χ0v) is 12.7. The molecular formula is C13H21N5OS. The van der Waals surface area contributed by atoms with Gasteiger partial charge in [-0.25, -0.2) is 4.98 Å². The normalized spacial score (nSPS) is 23.4. The number of aliphatic hydroxyl groups excluding tert-OH is 1. The maximum atomic E-state index is 10.0. The minimum Gasteiger partial charge on any atom is -0.391 e. The smallest absolute Gasteiger partial charge is 0.195 e. The number of hydrogen-bond donors (Lipinski definition) is 2. The van der Waals surface area contributed by atoms with E-state index in [0.717, 1.165) is 29.4 Å². The first-order valence-corrected chi connectivity index (χ1v) is 7.72. The summed E-state index contributed by atoms with van der Waals surface area (Å²) in [6, 6.07) is 0.287. The Balaban J connectivity index is 1.97. The Morgan fingerprint density at radius 3 is 3.05 bits per heavy atom. The van der Waals surface area contributed by atoms with Crippen LogP contribution in [0.2, 0.25) is 0 Å². The molecule has 2 atom stereocenters. The molecule has 1 saturated heterocycles. The monoisotopic (exact) mass is 295 g/mol. The molecule has 0 spiro atoms. The Kier molecular flexibility index (Phi) is 3.68. The Bertz CT molecular complexity index is 593. The van der Waals surface area contributed by atoms with Crippen molar-refractivity contribution in [3.8, 4) is 0 Å². The molecule has 3 N–H and O–H groups in total. The Morgan fingerprint density at radius 1 is 1.55 bits per heavy atom. The summed E-state index contributed by atoms with van der Waals surface area (Å²) in [4.78, 5) is 10.0. The van der Waals surface area contributed by atoms with Crippen LogP contribution in [-0.4, -0.2) is 58.7 Å². The van der Waals surface area contributed by atoms with Crippen molar-refractivity contribution in [3.05, 3.63) is 17.3 Å². The van der Waals surface area contributed by atoms with E-state index in [0.29, 0.717) is 13.1 Å². The number of likely N-dealkylation sites (N-methyl/N-ethyl adjacent to an activating group) is 1. The number of fused-ring (bicyclic) bond motifs is 1. The predicted molar refractivity (Wildman–Crippen MR) is 81.3 cm³/mol. The summed E-state index contributed by atoms with van der Waals surface area (Å²) in [6.45, 7) is 2.00. The third-order valence-electron chi connectivity index (χ3n) is 3.77. The molecule has 0 saturated carbocycles. The quantitative estimate of drug-likeness (QED) is 0.852. The molecule has 6 nitrogen and oxygen atoms in total. The number of nitrogens with two attached hydrogens (primary N) is 1. The highest BCUT2D eigenvalue weighted by Crippen LogP contribution is 2.30. The van der Waals surface area contributed by atoms with Crippen LogP contribution < -0.4 is 10.6 Å². The molecule has 1 fully saturated rings. The Morgan fingerprint density at radius 2 is 2.35 bits per heavy atom. The number of β-amino-alcohol motifs (C(OH)–C–C–N with tert-alkyl or cyclic N) is 1. The summed E-state index contributed by atoms with van der Waals surface area (Å²) in [5, 5.41) is 12.0. The summed E-state index contributed by atoms with van der Waals surface area (Å²) in [5.41, 5.74) is 6.94. The average molecular weight is 295 g/mol. The third-order valence-corrected chi connectivity index (χ3v) is 4.53. The predicted octanol–water partition coefficient (Wildman–Crippen LogP) is 0.356. The van der Waals surface area contributed by atoms with Gasteiger partial charge in [-0.15, -0.1) is 11.3 Å². The molecule has 20 heavy (non-hydrogen) atoms. The van der Waals surface area contributed by atoms with E-state index in [1.165, 1.54) is 0 Å². The average Bonchev–Trinajstić information content (AvgIpc) is 3.01. The second-order valence-corrected chi connectivity index (χ2v) is 6.47. The second-order valence-electron chi connectivity index (χ2n) is 5.60. The third kappa shape index (κ3) is 2.31. The van der Waals surface area contributed by atoms with E-state index in [1.807, 2.05) is 11.6 Å². The van der Waals surface area contributed by atoms with Crippen LogP contribution >= 0.6 is 11.3 Å². The molecule has 0 bridgehead atoms. The number of nitrogens with zero attached hydrogens (tertiary/aromatic N) is 4. The summed E-state index contributed by atoms with van der Waals surface area (Å²) < 4.78 is 2.05. The first kappa shape index (κ1) is 13.8. The molecule has 7 heteroatoms. The van der Waals surface area contributed by atoms with Crippen LogP contribution in [0.4, 0.5) is 5.82 Å². The SMILES string of the molecule is CN(C)CC1CC(O)CN1c1nc2sccn2c1CN. The molecule has 2 aromatic heterocycles. The number of aromatic nitrogens is 2. The number of anilines is 1. The van der Waals surface area contributed by atoms with Gasteiger partial charge >= 0.3 is 0 Å². The van der Waals surface area contributed by atoms with Gasteiger partial charge in [0.2, 0.25) is 0 Å². The maximum Gasteiger partial charge on any atom is 0.195 e. The molecule has 1 aliphatic rings. The summed E-state index contributed by atoms with van der Waals surface area (Å²) in [6.07, 6.45) is 2.50. The maximum absolute atomic E-state index is 10.0. The fourth-order valence-corrected chi connectivity index (χ4v) is 3.71. The molecular weight excluding hydrogens is 274 g/mol. The minimum absolute atomic E-state index is 0.287. The molecule has 0 radical (unpaired) electrons. The van der Waals surface area contributed by atoms with E-state index in [-0.39, 0.29) is 12.1 Å². The van der Waals surface area contributed by atoms with Gasteiger partial charge in [-0.2, -0.15) is 0 Å². The molecule has 2 unspecified atom stereocenters. The van der Waals surface area contributed by atoms with Gasteiger partial charge in [-0.1, -0.05) is 0 Å². The Hall–Kier alpha value is -1.15. The molecule has 0 amide bonds. The van der Waals surface area contributed by atoms with Gasteiger partial charge < -0.3 is 20.6 Å². The van der Waals surface area contributed by atoms with E-state index in [1.54, 1.807) is 11.3 Å². The second kappa shape index (κ2) is 5.33. The van der Waals surface area contributed by atoms with Crippen molar-refractivity contribution >= 4 is 22.1 Å². The van der Waals surface area contributed by atoms with Crippen molar-refractivity contribution in [2.24, 2.45) is 5.73 Å². The van der Waals surface area contributed by atoms with Crippen molar-refractivity contribution in [1.82, 2.24) is 14.3 Å². The van der Waals surface area contributed by atoms with Gasteiger partial charge in [-0.3, -0.25) is 4.40 Å². The van der Waals surface area contributed by atoms with Gasteiger partial charge in [0.15, 0.2) is 10.8 Å². The van der Waals surface area contributed by atoms with Crippen LogP contribution in [0.1, 0.15) is 12.1 Å². The largest absolute Gasteiger partial charge is 0.391 e. The van der Waals surface area contributed by atoms with Crippen LogP contribution in [0, 0.1) is 0 Å². The van der Waals surface area contributed by atoms with Crippen LogP contribution in [-0.2, 0) is 6.54 Å². The molecule has 0 aromatic carbocycles. The van der Waals surface area contributed by atoms with Crippen molar-refractivity contribution < 1.29 is 5.11 Å². The van der Waals surface area contributed by atoms with Crippen LogP contribution in [0.3, 0.4) is 0 Å².